The molecule has 1 aromatic carbocycles. The first-order chi connectivity index (χ1) is 13.2. The number of carbonyl (C=O) groups is 1. The maximum atomic E-state index is 13.4. The molecular formula is C19H14N2O3S3. The Labute approximate surface area is 167 Å². The zero-order valence-electron chi connectivity index (χ0n) is 14.2. The minimum absolute atomic E-state index is 0.0877. The Morgan fingerprint density at radius 2 is 2.00 bits per heavy atom. The van der Waals surface area contributed by atoms with Crippen LogP contribution in [0.5, 0.6) is 0 Å². The fourth-order valence-electron chi connectivity index (χ4n) is 2.67. The normalized spacial score (nSPS) is 11.0. The number of nitrogens with zero attached hydrogens (tertiary/aromatic N) is 2. The number of fused-ring (bicyclic) bond motifs is 1. The highest BCUT2D eigenvalue weighted by Gasteiger charge is 2.19. The van der Waals surface area contributed by atoms with Crippen molar-refractivity contribution in [1.29, 1.82) is 0 Å². The predicted molar refractivity (Wildman–Crippen MR) is 111 cm³/mol. The lowest BCUT2D eigenvalue weighted by Gasteiger charge is -2.12. The van der Waals surface area contributed by atoms with Crippen molar-refractivity contribution in [2.75, 3.05) is 12.9 Å². The van der Waals surface area contributed by atoms with Crippen LogP contribution in [0.15, 0.2) is 63.2 Å². The highest BCUT2D eigenvalue weighted by molar-refractivity contribution is 7.99. The quantitative estimate of drug-likeness (QED) is 0.274. The second-order valence-corrected chi connectivity index (χ2v) is 8.29. The van der Waals surface area contributed by atoms with E-state index in [9.17, 15) is 9.59 Å². The minimum Gasteiger partial charge on any atom is -0.468 e. The number of para-hydroxylation sites is 1. The molecule has 0 bridgehead atoms. The average molecular weight is 415 g/mol. The molecule has 0 unspecified atom stereocenters. The summed E-state index contributed by atoms with van der Waals surface area (Å²) in [6, 6.07) is 13.3. The van der Waals surface area contributed by atoms with Gasteiger partial charge in [-0.3, -0.25) is 14.2 Å². The third-order valence-corrected chi connectivity index (χ3v) is 6.61. The number of carbonyl (C=O) groups excluding carboxylic acids is 1. The van der Waals surface area contributed by atoms with Gasteiger partial charge in [-0.1, -0.05) is 36.0 Å². The molecule has 0 spiro atoms. The van der Waals surface area contributed by atoms with Crippen LogP contribution >= 0.6 is 34.4 Å². The molecule has 0 aliphatic rings. The van der Waals surface area contributed by atoms with E-state index in [2.05, 4.69) is 0 Å². The molecular weight excluding hydrogens is 400 g/mol. The first-order valence-electron chi connectivity index (χ1n) is 8.02. The third kappa shape index (κ3) is 3.43. The number of hydrogen-bond donors (Lipinski definition) is 0. The number of hydrogen-bond acceptors (Lipinski definition) is 7. The predicted octanol–water partition coefficient (Wildman–Crippen LogP) is 4.44. The summed E-state index contributed by atoms with van der Waals surface area (Å²) < 4.78 is 6.29. The molecule has 0 saturated heterocycles. The molecule has 27 heavy (non-hydrogen) atoms. The molecule has 8 heteroatoms. The zero-order valence-corrected chi connectivity index (χ0v) is 16.7. The van der Waals surface area contributed by atoms with Gasteiger partial charge in [-0.05, 0) is 23.6 Å². The van der Waals surface area contributed by atoms with Crippen LogP contribution < -0.4 is 5.56 Å². The van der Waals surface area contributed by atoms with E-state index in [0.29, 0.717) is 21.1 Å². The molecule has 0 amide bonds. The van der Waals surface area contributed by atoms with Crippen molar-refractivity contribution in [2.45, 2.75) is 5.16 Å². The number of benzene rings is 1. The number of thioether (sulfide) groups is 1. The molecule has 3 heterocycles. The van der Waals surface area contributed by atoms with Crippen molar-refractivity contribution in [3.8, 4) is 16.1 Å². The SMILES string of the molecule is COC(=O)CSc1nc2scc(-c3cccs3)c2c(=O)n1-c1ccccc1. The van der Waals surface area contributed by atoms with Crippen LogP contribution in [0, 0.1) is 0 Å². The van der Waals surface area contributed by atoms with E-state index in [-0.39, 0.29) is 17.3 Å². The molecule has 0 aliphatic heterocycles. The first kappa shape index (κ1) is 18.0. The van der Waals surface area contributed by atoms with Crippen molar-refractivity contribution in [2.24, 2.45) is 0 Å². The monoisotopic (exact) mass is 414 g/mol. The Bertz CT molecular complexity index is 1150. The Morgan fingerprint density at radius 1 is 1.19 bits per heavy atom. The van der Waals surface area contributed by atoms with E-state index in [1.165, 1.54) is 30.2 Å². The van der Waals surface area contributed by atoms with Gasteiger partial charge in [0, 0.05) is 15.8 Å². The van der Waals surface area contributed by atoms with E-state index in [1.54, 1.807) is 15.9 Å². The largest absolute Gasteiger partial charge is 0.468 e. The van der Waals surface area contributed by atoms with Gasteiger partial charge >= 0.3 is 5.97 Å². The Kier molecular flexibility index (Phi) is 5.11. The smallest absolute Gasteiger partial charge is 0.316 e. The van der Waals surface area contributed by atoms with Crippen LogP contribution in [0.25, 0.3) is 26.3 Å². The molecule has 0 fully saturated rings. The van der Waals surface area contributed by atoms with Crippen molar-refractivity contribution in [3.63, 3.8) is 0 Å². The van der Waals surface area contributed by atoms with E-state index >= 15 is 0 Å². The van der Waals surface area contributed by atoms with Gasteiger partial charge in [0.05, 0.1) is 23.9 Å². The molecule has 136 valence electrons. The molecule has 0 saturated carbocycles. The summed E-state index contributed by atoms with van der Waals surface area (Å²) in [5.74, 6) is -0.274. The summed E-state index contributed by atoms with van der Waals surface area (Å²) in [6.45, 7) is 0. The molecule has 4 aromatic rings. The summed E-state index contributed by atoms with van der Waals surface area (Å²) >= 11 is 4.23. The van der Waals surface area contributed by atoms with Crippen molar-refractivity contribution >= 4 is 50.6 Å². The van der Waals surface area contributed by atoms with Gasteiger partial charge in [0.15, 0.2) is 5.16 Å². The second kappa shape index (κ2) is 7.67. The Morgan fingerprint density at radius 3 is 2.70 bits per heavy atom. The molecule has 3 aromatic heterocycles. The lowest BCUT2D eigenvalue weighted by molar-refractivity contribution is -0.137. The lowest BCUT2D eigenvalue weighted by atomic mass is 10.2. The van der Waals surface area contributed by atoms with Gasteiger partial charge in [-0.15, -0.1) is 22.7 Å². The summed E-state index contributed by atoms with van der Waals surface area (Å²) in [4.78, 5) is 31.4. The number of thiophene rings is 2. The highest BCUT2D eigenvalue weighted by atomic mass is 32.2. The van der Waals surface area contributed by atoms with E-state index in [0.717, 1.165) is 10.4 Å². The van der Waals surface area contributed by atoms with Crippen molar-refractivity contribution in [1.82, 2.24) is 9.55 Å². The first-order valence-corrected chi connectivity index (χ1v) is 10.8. The number of esters is 1. The zero-order chi connectivity index (χ0) is 18.8. The summed E-state index contributed by atoms with van der Waals surface area (Å²) in [7, 11) is 1.34. The lowest BCUT2D eigenvalue weighted by Crippen LogP contribution is -2.22. The number of rotatable bonds is 5. The van der Waals surface area contributed by atoms with E-state index < -0.39 is 0 Å². The molecule has 5 nitrogen and oxygen atoms in total. The fourth-order valence-corrected chi connectivity index (χ4v) is 5.32. The molecule has 0 aliphatic carbocycles. The van der Waals surface area contributed by atoms with E-state index in [4.69, 9.17) is 9.72 Å². The van der Waals surface area contributed by atoms with Gasteiger partial charge < -0.3 is 4.74 Å². The standard InChI is InChI=1S/C19H14N2O3S3/c1-24-15(22)11-27-19-20-17-16(13(10-26-17)14-8-5-9-25-14)18(23)21(19)12-6-3-2-4-7-12/h2-10H,11H2,1H3. The van der Waals surface area contributed by atoms with E-state index in [1.807, 2.05) is 53.2 Å². The van der Waals surface area contributed by atoms with Crippen LogP contribution in [0.2, 0.25) is 0 Å². The molecule has 0 radical (unpaired) electrons. The molecule has 4 rings (SSSR count). The summed E-state index contributed by atoms with van der Waals surface area (Å²) in [6.07, 6.45) is 0. The molecule has 0 atom stereocenters. The average Bonchev–Trinajstić information content (AvgIpc) is 3.36. The number of methoxy groups -OCH3 is 1. The van der Waals surface area contributed by atoms with Crippen LogP contribution in [0.1, 0.15) is 0 Å². The summed E-state index contributed by atoms with van der Waals surface area (Å²) in [5.41, 5.74) is 1.48. The summed E-state index contributed by atoms with van der Waals surface area (Å²) in [5, 5.41) is 5.04. The van der Waals surface area contributed by atoms with Crippen LogP contribution in [-0.4, -0.2) is 28.4 Å². The molecule has 0 N–H and O–H groups in total. The van der Waals surface area contributed by atoms with Gasteiger partial charge in [0.2, 0.25) is 0 Å². The minimum atomic E-state index is -0.362. The van der Waals surface area contributed by atoms with Crippen molar-refractivity contribution < 1.29 is 9.53 Å². The van der Waals surface area contributed by atoms with Crippen LogP contribution in [0.4, 0.5) is 0 Å². The third-order valence-electron chi connectivity index (χ3n) is 3.92. The van der Waals surface area contributed by atoms with Gasteiger partial charge in [0.25, 0.3) is 5.56 Å². The number of aromatic nitrogens is 2. The Hall–Kier alpha value is -2.42. The van der Waals surface area contributed by atoms with Crippen molar-refractivity contribution in [3.05, 3.63) is 63.6 Å². The van der Waals surface area contributed by atoms with Crippen LogP contribution in [-0.2, 0) is 9.53 Å². The maximum absolute atomic E-state index is 13.4. The van der Waals surface area contributed by atoms with Gasteiger partial charge in [0.1, 0.15) is 4.83 Å². The van der Waals surface area contributed by atoms with Gasteiger partial charge in [-0.25, -0.2) is 4.98 Å². The Balaban J connectivity index is 1.94. The van der Waals surface area contributed by atoms with Gasteiger partial charge in [-0.2, -0.15) is 0 Å². The second-order valence-electron chi connectivity index (χ2n) is 5.54. The highest BCUT2D eigenvalue weighted by Crippen LogP contribution is 2.35. The fraction of sp³-hybridized carbons (Fsp3) is 0.105. The topological polar surface area (TPSA) is 61.2 Å². The maximum Gasteiger partial charge on any atom is 0.316 e. The van der Waals surface area contributed by atoms with Crippen LogP contribution in [0.3, 0.4) is 0 Å². The number of ether oxygens (including phenoxy) is 1.